The molecule has 0 spiro atoms. The summed E-state index contributed by atoms with van der Waals surface area (Å²) in [6, 6.07) is 0. The lowest BCUT2D eigenvalue weighted by molar-refractivity contribution is -0.165. The molecule has 0 aromatic carbocycles. The molecular weight excluding hydrogens is 300 g/mol. The first kappa shape index (κ1) is 16.9. The van der Waals surface area contributed by atoms with Crippen LogP contribution in [-0.2, 0) is 0 Å². The minimum absolute atomic E-state index is 0.000323. The molecular formula is C21H32O3. The second-order valence-corrected chi connectivity index (χ2v) is 9.47. The first-order chi connectivity index (χ1) is 11.4. The van der Waals surface area contributed by atoms with E-state index in [-0.39, 0.29) is 23.5 Å². The van der Waals surface area contributed by atoms with Crippen LogP contribution in [-0.4, -0.2) is 33.6 Å². The summed E-state index contributed by atoms with van der Waals surface area (Å²) in [4.78, 5) is 0. The Morgan fingerprint density at radius 2 is 1.79 bits per heavy atom. The SMILES string of the molecule is C#CC1(O)CCC2C3CCC4CC(O)CCC4(CO)C3CCC21C. The molecule has 4 aliphatic carbocycles. The number of hydrogen-bond acceptors (Lipinski definition) is 3. The van der Waals surface area contributed by atoms with E-state index in [1.807, 2.05) is 0 Å². The predicted octanol–water partition coefficient (Wildman–Crippen LogP) is 2.73. The van der Waals surface area contributed by atoms with E-state index >= 15 is 0 Å². The molecule has 4 fully saturated rings. The summed E-state index contributed by atoms with van der Waals surface area (Å²) >= 11 is 0. The number of aliphatic hydroxyl groups is 3. The molecule has 0 bridgehead atoms. The summed E-state index contributed by atoms with van der Waals surface area (Å²) in [5, 5.41) is 31.5. The number of rotatable bonds is 1. The van der Waals surface area contributed by atoms with E-state index in [1.54, 1.807) is 0 Å². The molecule has 0 radical (unpaired) electrons. The van der Waals surface area contributed by atoms with Crippen molar-refractivity contribution in [3.63, 3.8) is 0 Å². The van der Waals surface area contributed by atoms with Gasteiger partial charge in [-0.2, -0.15) is 0 Å². The Balaban J connectivity index is 1.67. The van der Waals surface area contributed by atoms with Crippen molar-refractivity contribution in [3.8, 4) is 12.3 Å². The Morgan fingerprint density at radius 3 is 2.50 bits per heavy atom. The molecule has 0 saturated heterocycles. The topological polar surface area (TPSA) is 60.7 Å². The minimum atomic E-state index is -0.950. The molecule has 8 unspecified atom stereocenters. The fourth-order valence-corrected chi connectivity index (χ4v) is 7.59. The third kappa shape index (κ3) is 1.97. The van der Waals surface area contributed by atoms with E-state index in [0.29, 0.717) is 23.7 Å². The van der Waals surface area contributed by atoms with Crippen LogP contribution >= 0.6 is 0 Å². The Bertz CT molecular complexity index is 554. The van der Waals surface area contributed by atoms with Crippen LogP contribution in [0.2, 0.25) is 0 Å². The molecule has 4 aliphatic rings. The molecule has 0 aromatic heterocycles. The molecule has 3 nitrogen and oxygen atoms in total. The van der Waals surface area contributed by atoms with Crippen LogP contribution in [0.1, 0.15) is 64.7 Å². The lowest BCUT2D eigenvalue weighted by Gasteiger charge is -2.61. The third-order valence-corrected chi connectivity index (χ3v) is 9.02. The van der Waals surface area contributed by atoms with Crippen LogP contribution in [0.3, 0.4) is 0 Å². The quantitative estimate of drug-likeness (QED) is 0.647. The van der Waals surface area contributed by atoms with Gasteiger partial charge in [0.1, 0.15) is 5.60 Å². The second-order valence-electron chi connectivity index (χ2n) is 9.47. The van der Waals surface area contributed by atoms with Crippen molar-refractivity contribution in [1.29, 1.82) is 0 Å². The van der Waals surface area contributed by atoms with Crippen molar-refractivity contribution in [2.24, 2.45) is 34.5 Å². The largest absolute Gasteiger partial charge is 0.396 e. The van der Waals surface area contributed by atoms with Gasteiger partial charge in [-0.05, 0) is 86.9 Å². The normalized spacial score (nSPS) is 56.7. The van der Waals surface area contributed by atoms with Gasteiger partial charge in [0.05, 0.1) is 6.10 Å². The van der Waals surface area contributed by atoms with Gasteiger partial charge in [-0.3, -0.25) is 0 Å². The van der Waals surface area contributed by atoms with E-state index in [2.05, 4.69) is 12.8 Å². The summed E-state index contributed by atoms with van der Waals surface area (Å²) in [7, 11) is 0. The smallest absolute Gasteiger partial charge is 0.130 e. The molecule has 3 N–H and O–H groups in total. The first-order valence-electron chi connectivity index (χ1n) is 9.89. The number of fused-ring (bicyclic) bond motifs is 5. The van der Waals surface area contributed by atoms with Gasteiger partial charge in [0.2, 0.25) is 0 Å². The number of aliphatic hydroxyl groups excluding tert-OH is 2. The first-order valence-corrected chi connectivity index (χ1v) is 9.89. The second kappa shape index (κ2) is 5.47. The summed E-state index contributed by atoms with van der Waals surface area (Å²) < 4.78 is 0. The van der Waals surface area contributed by atoms with Crippen LogP contribution in [0.5, 0.6) is 0 Å². The van der Waals surface area contributed by atoms with Crippen molar-refractivity contribution < 1.29 is 15.3 Å². The summed E-state index contributed by atoms with van der Waals surface area (Å²) in [5.41, 5.74) is -1.12. The van der Waals surface area contributed by atoms with Gasteiger partial charge in [-0.25, -0.2) is 0 Å². The van der Waals surface area contributed by atoms with Crippen LogP contribution < -0.4 is 0 Å². The molecule has 3 heteroatoms. The Labute approximate surface area is 145 Å². The molecule has 0 aromatic rings. The van der Waals surface area contributed by atoms with Crippen molar-refractivity contribution in [2.75, 3.05) is 6.61 Å². The lowest BCUT2D eigenvalue weighted by atomic mass is 9.44. The minimum Gasteiger partial charge on any atom is -0.396 e. The number of hydrogen-bond donors (Lipinski definition) is 3. The maximum absolute atomic E-state index is 11.0. The summed E-state index contributed by atoms with van der Waals surface area (Å²) in [6.45, 7) is 2.47. The summed E-state index contributed by atoms with van der Waals surface area (Å²) in [6.07, 6.45) is 14.3. The predicted molar refractivity (Wildman–Crippen MR) is 92.9 cm³/mol. The average molecular weight is 332 g/mol. The molecule has 4 rings (SSSR count). The van der Waals surface area contributed by atoms with Gasteiger partial charge in [0.15, 0.2) is 0 Å². The van der Waals surface area contributed by atoms with Crippen molar-refractivity contribution >= 4 is 0 Å². The number of terminal acetylenes is 1. The zero-order valence-corrected chi connectivity index (χ0v) is 14.9. The molecule has 0 aliphatic heterocycles. The van der Waals surface area contributed by atoms with Gasteiger partial charge in [0, 0.05) is 12.0 Å². The highest BCUT2D eigenvalue weighted by atomic mass is 16.3. The maximum atomic E-state index is 11.0. The Kier molecular flexibility index (Phi) is 3.85. The molecule has 24 heavy (non-hydrogen) atoms. The van der Waals surface area contributed by atoms with E-state index in [9.17, 15) is 15.3 Å². The van der Waals surface area contributed by atoms with Crippen molar-refractivity contribution in [3.05, 3.63) is 0 Å². The zero-order valence-electron chi connectivity index (χ0n) is 14.9. The van der Waals surface area contributed by atoms with Gasteiger partial charge in [-0.1, -0.05) is 12.8 Å². The van der Waals surface area contributed by atoms with Crippen molar-refractivity contribution in [1.82, 2.24) is 0 Å². The molecule has 0 amide bonds. The maximum Gasteiger partial charge on any atom is 0.130 e. The highest BCUT2D eigenvalue weighted by molar-refractivity contribution is 5.23. The molecule has 4 saturated carbocycles. The van der Waals surface area contributed by atoms with Crippen LogP contribution in [0.15, 0.2) is 0 Å². The fraction of sp³-hybridized carbons (Fsp3) is 0.905. The van der Waals surface area contributed by atoms with Crippen LogP contribution in [0, 0.1) is 46.8 Å². The average Bonchev–Trinajstić information content (AvgIpc) is 2.86. The molecule has 8 atom stereocenters. The van der Waals surface area contributed by atoms with E-state index in [1.165, 1.54) is 6.42 Å². The van der Waals surface area contributed by atoms with Crippen LogP contribution in [0.4, 0.5) is 0 Å². The van der Waals surface area contributed by atoms with Crippen molar-refractivity contribution in [2.45, 2.75) is 76.4 Å². The Hall–Kier alpha value is -0.560. The molecule has 134 valence electrons. The zero-order chi connectivity index (χ0) is 17.2. The molecule has 0 heterocycles. The third-order valence-electron chi connectivity index (χ3n) is 9.02. The van der Waals surface area contributed by atoms with Gasteiger partial charge in [-0.15, -0.1) is 6.42 Å². The highest BCUT2D eigenvalue weighted by Gasteiger charge is 2.65. The van der Waals surface area contributed by atoms with E-state index in [0.717, 1.165) is 51.4 Å². The highest BCUT2D eigenvalue weighted by Crippen LogP contribution is 2.68. The van der Waals surface area contributed by atoms with E-state index < -0.39 is 5.60 Å². The van der Waals surface area contributed by atoms with Gasteiger partial charge >= 0.3 is 0 Å². The standard InChI is InChI=1S/C21H32O3/c1-3-21(24)11-8-17-16-5-4-14-12-15(23)6-10-20(14,13-22)18(16)7-9-19(17,21)2/h1,14-18,22-24H,4-13H2,2H3. The fourth-order valence-electron chi connectivity index (χ4n) is 7.59. The summed E-state index contributed by atoms with van der Waals surface area (Å²) in [5.74, 6) is 4.79. The Morgan fingerprint density at radius 1 is 1.04 bits per heavy atom. The lowest BCUT2D eigenvalue weighted by Crippen LogP contribution is -2.58. The van der Waals surface area contributed by atoms with Gasteiger partial charge < -0.3 is 15.3 Å². The van der Waals surface area contributed by atoms with Crippen LogP contribution in [0.25, 0.3) is 0 Å². The monoisotopic (exact) mass is 332 g/mol. The van der Waals surface area contributed by atoms with Gasteiger partial charge in [0.25, 0.3) is 0 Å². The van der Waals surface area contributed by atoms with E-state index in [4.69, 9.17) is 6.42 Å².